The molecule has 0 fully saturated rings. The lowest BCUT2D eigenvalue weighted by Crippen LogP contribution is -2.24. The highest BCUT2D eigenvalue weighted by atomic mass is 16.2. The summed E-state index contributed by atoms with van der Waals surface area (Å²) in [4.78, 5) is 13.8. The number of hydrogen-bond donors (Lipinski definition) is 2. The van der Waals surface area contributed by atoms with E-state index >= 15 is 0 Å². The summed E-state index contributed by atoms with van der Waals surface area (Å²) in [6, 6.07) is 15.3. The van der Waals surface area contributed by atoms with Crippen molar-refractivity contribution in [1.82, 2.24) is 5.43 Å². The Bertz CT molecular complexity index is 733. The van der Waals surface area contributed by atoms with Crippen LogP contribution in [0.4, 0.5) is 16.2 Å². The summed E-state index contributed by atoms with van der Waals surface area (Å²) >= 11 is 0. The molecule has 0 aromatic heterocycles. The van der Waals surface area contributed by atoms with E-state index in [-0.39, 0.29) is 6.03 Å². The molecule has 0 aliphatic carbocycles. The fourth-order valence-corrected chi connectivity index (χ4v) is 2.04. The molecular weight excluding hydrogens is 300 g/mol. The Hall–Kier alpha value is -3.08. The first kappa shape index (κ1) is 17.3. The van der Waals surface area contributed by atoms with Gasteiger partial charge in [-0.3, -0.25) is 0 Å². The fraction of sp³-hybridized carbons (Fsp3) is 0.158. The Balaban J connectivity index is 1.81. The first-order chi connectivity index (χ1) is 11.6. The van der Waals surface area contributed by atoms with Crippen LogP contribution in [0.3, 0.4) is 0 Å². The summed E-state index contributed by atoms with van der Waals surface area (Å²) in [5.41, 5.74) is 6.41. The number of benzene rings is 2. The highest BCUT2D eigenvalue weighted by Gasteiger charge is 2.01. The van der Waals surface area contributed by atoms with Gasteiger partial charge in [0.1, 0.15) is 0 Å². The van der Waals surface area contributed by atoms with Crippen LogP contribution in [-0.4, -0.2) is 26.3 Å². The molecule has 2 amide bonds. The summed E-state index contributed by atoms with van der Waals surface area (Å²) in [7, 11) is 4.01. The van der Waals surface area contributed by atoms with Crippen molar-refractivity contribution < 1.29 is 4.79 Å². The van der Waals surface area contributed by atoms with E-state index in [0.29, 0.717) is 0 Å². The number of anilines is 2. The minimum absolute atomic E-state index is 0.371. The molecular formula is C19H22N4O. The minimum atomic E-state index is -0.371. The topological polar surface area (TPSA) is 56.7 Å². The zero-order valence-electron chi connectivity index (χ0n) is 14.2. The molecule has 0 bridgehead atoms. The second-order valence-electron chi connectivity index (χ2n) is 5.50. The monoisotopic (exact) mass is 322 g/mol. The number of aryl methyl sites for hydroxylation is 1. The van der Waals surface area contributed by atoms with E-state index in [9.17, 15) is 4.79 Å². The van der Waals surface area contributed by atoms with Gasteiger partial charge < -0.3 is 10.2 Å². The van der Waals surface area contributed by atoms with Gasteiger partial charge in [0.2, 0.25) is 0 Å². The smallest absolute Gasteiger partial charge is 0.339 e. The number of nitrogens with zero attached hydrogens (tertiary/aromatic N) is 2. The van der Waals surface area contributed by atoms with E-state index in [1.54, 1.807) is 6.08 Å². The van der Waals surface area contributed by atoms with Gasteiger partial charge in [-0.2, -0.15) is 5.10 Å². The summed E-state index contributed by atoms with van der Waals surface area (Å²) in [5.74, 6) is 0. The van der Waals surface area contributed by atoms with E-state index in [2.05, 4.69) is 15.8 Å². The lowest BCUT2D eigenvalue weighted by Gasteiger charge is -2.11. The lowest BCUT2D eigenvalue weighted by molar-refractivity contribution is 0.252. The summed E-state index contributed by atoms with van der Waals surface area (Å²) in [6.07, 6.45) is 5.24. The second kappa shape index (κ2) is 8.53. The van der Waals surface area contributed by atoms with Crippen molar-refractivity contribution in [3.8, 4) is 0 Å². The Morgan fingerprint density at radius 1 is 1.08 bits per heavy atom. The predicted octanol–water partition coefficient (Wildman–Crippen LogP) is 3.88. The van der Waals surface area contributed by atoms with E-state index in [1.807, 2.05) is 80.5 Å². The molecule has 24 heavy (non-hydrogen) atoms. The van der Waals surface area contributed by atoms with Gasteiger partial charge in [-0.25, -0.2) is 10.2 Å². The first-order valence-electron chi connectivity index (χ1n) is 7.66. The zero-order chi connectivity index (χ0) is 17.4. The molecule has 2 aromatic rings. The molecule has 0 spiro atoms. The highest BCUT2D eigenvalue weighted by molar-refractivity contribution is 5.90. The molecule has 0 unspecified atom stereocenters. The number of para-hydroxylation sites is 1. The molecule has 0 radical (unpaired) electrons. The molecule has 2 N–H and O–H groups in total. The van der Waals surface area contributed by atoms with Crippen molar-refractivity contribution in [2.45, 2.75) is 6.92 Å². The quantitative estimate of drug-likeness (QED) is 0.648. The largest absolute Gasteiger partial charge is 0.378 e. The number of nitrogens with one attached hydrogen (secondary N) is 2. The summed E-state index contributed by atoms with van der Waals surface area (Å²) in [6.45, 7) is 1.93. The summed E-state index contributed by atoms with van der Waals surface area (Å²) < 4.78 is 0. The third-order valence-electron chi connectivity index (χ3n) is 3.42. The lowest BCUT2D eigenvalue weighted by atomic mass is 10.2. The van der Waals surface area contributed by atoms with Gasteiger partial charge in [0.15, 0.2) is 0 Å². The molecule has 0 aliphatic rings. The predicted molar refractivity (Wildman–Crippen MR) is 102 cm³/mol. The third-order valence-corrected chi connectivity index (χ3v) is 3.42. The molecule has 5 nitrogen and oxygen atoms in total. The Kier molecular flexibility index (Phi) is 6.14. The van der Waals surface area contributed by atoms with Crippen LogP contribution >= 0.6 is 0 Å². The molecule has 5 heteroatoms. The fourth-order valence-electron chi connectivity index (χ4n) is 2.04. The number of amides is 2. The van der Waals surface area contributed by atoms with Crippen LogP contribution in [0.2, 0.25) is 0 Å². The number of rotatable bonds is 5. The minimum Gasteiger partial charge on any atom is -0.378 e. The number of allylic oxidation sites excluding steroid dienone is 1. The van der Waals surface area contributed by atoms with Crippen molar-refractivity contribution >= 4 is 29.7 Å². The average Bonchev–Trinajstić information content (AvgIpc) is 2.57. The van der Waals surface area contributed by atoms with Crippen molar-refractivity contribution in [3.63, 3.8) is 0 Å². The van der Waals surface area contributed by atoms with Crippen LogP contribution < -0.4 is 15.6 Å². The van der Waals surface area contributed by atoms with Crippen molar-refractivity contribution in [3.05, 3.63) is 65.7 Å². The Labute approximate surface area is 142 Å². The van der Waals surface area contributed by atoms with Gasteiger partial charge in [0.05, 0.1) is 0 Å². The number of hydrogen-bond acceptors (Lipinski definition) is 3. The molecule has 0 aliphatic heterocycles. The number of urea groups is 1. The molecule has 124 valence electrons. The zero-order valence-corrected chi connectivity index (χ0v) is 14.2. The van der Waals surface area contributed by atoms with E-state index in [0.717, 1.165) is 22.5 Å². The van der Waals surface area contributed by atoms with Gasteiger partial charge in [-0.15, -0.1) is 0 Å². The molecule has 0 heterocycles. The Morgan fingerprint density at radius 3 is 2.46 bits per heavy atom. The van der Waals surface area contributed by atoms with Gasteiger partial charge >= 0.3 is 6.03 Å². The van der Waals surface area contributed by atoms with Crippen LogP contribution in [0, 0.1) is 6.92 Å². The van der Waals surface area contributed by atoms with E-state index in [1.165, 1.54) is 6.21 Å². The van der Waals surface area contributed by atoms with Crippen LogP contribution in [0.5, 0.6) is 0 Å². The Morgan fingerprint density at radius 2 is 1.79 bits per heavy atom. The maximum absolute atomic E-state index is 11.7. The van der Waals surface area contributed by atoms with Crippen LogP contribution in [-0.2, 0) is 0 Å². The van der Waals surface area contributed by atoms with E-state index < -0.39 is 0 Å². The molecule has 2 aromatic carbocycles. The first-order valence-corrected chi connectivity index (χ1v) is 7.66. The van der Waals surface area contributed by atoms with E-state index in [4.69, 9.17) is 0 Å². The molecule has 2 rings (SSSR count). The number of hydrazone groups is 1. The van der Waals surface area contributed by atoms with Gasteiger partial charge in [0.25, 0.3) is 0 Å². The highest BCUT2D eigenvalue weighted by Crippen LogP contribution is 2.13. The average molecular weight is 322 g/mol. The van der Waals surface area contributed by atoms with Gasteiger partial charge in [0, 0.05) is 31.7 Å². The number of carbonyl (C=O) groups excluding carboxylic acids is 1. The van der Waals surface area contributed by atoms with Crippen LogP contribution in [0.1, 0.15) is 11.1 Å². The SMILES string of the molecule is Cc1ccccc1NC(=O)NN=CC=Cc1ccc(N(C)C)cc1. The standard InChI is InChI=1S/C19H22N4O/c1-15-7-4-5-9-18(15)21-19(24)22-20-14-6-8-16-10-12-17(13-11-16)23(2)3/h4-14H,1-3H3,(H2,21,22,24). The second-order valence-corrected chi connectivity index (χ2v) is 5.50. The molecule has 0 saturated carbocycles. The normalized spacial score (nSPS) is 11.0. The van der Waals surface area contributed by atoms with Crippen molar-refractivity contribution in [2.24, 2.45) is 5.10 Å². The maximum atomic E-state index is 11.7. The summed E-state index contributed by atoms with van der Waals surface area (Å²) in [5, 5.41) is 6.62. The third kappa shape index (κ3) is 5.28. The van der Waals surface area contributed by atoms with Crippen molar-refractivity contribution in [1.29, 1.82) is 0 Å². The van der Waals surface area contributed by atoms with Gasteiger partial charge in [-0.1, -0.05) is 36.4 Å². The molecule has 0 saturated heterocycles. The number of carbonyl (C=O) groups is 1. The maximum Gasteiger partial charge on any atom is 0.339 e. The molecule has 0 atom stereocenters. The van der Waals surface area contributed by atoms with Gasteiger partial charge in [-0.05, 0) is 42.3 Å². The van der Waals surface area contributed by atoms with Crippen LogP contribution in [0.15, 0.2) is 59.7 Å². The van der Waals surface area contributed by atoms with Crippen molar-refractivity contribution in [2.75, 3.05) is 24.3 Å². The van der Waals surface area contributed by atoms with Crippen LogP contribution in [0.25, 0.3) is 6.08 Å².